The summed E-state index contributed by atoms with van der Waals surface area (Å²) in [7, 11) is -2.97. The molecule has 2 aromatic carbocycles. The Morgan fingerprint density at radius 3 is 2.31 bits per heavy atom. The summed E-state index contributed by atoms with van der Waals surface area (Å²) >= 11 is 0. The maximum atomic E-state index is 12.6. The van der Waals surface area contributed by atoms with Crippen LogP contribution in [0.25, 0.3) is 11.0 Å². The second kappa shape index (κ2) is 9.22. The fraction of sp³-hybridized carbons (Fsp3) is 0.100. The van der Waals surface area contributed by atoms with Crippen molar-refractivity contribution in [2.45, 2.75) is 11.8 Å². The van der Waals surface area contributed by atoms with Crippen LogP contribution in [-0.4, -0.2) is 38.2 Å². The molecule has 1 heterocycles. The lowest BCUT2D eigenvalue weighted by atomic mass is 10.1. The minimum atomic E-state index is -4.18. The number of methoxy groups -OCH3 is 1. The molecule has 0 fully saturated rings. The molecule has 182 valence electrons. The number of nitro benzene ring substituents is 1. The number of carbonyl (C=O) groups is 2. The molecule has 0 bridgehead atoms. The van der Waals surface area contributed by atoms with Crippen LogP contribution in [0.4, 0.5) is 5.69 Å². The van der Waals surface area contributed by atoms with Gasteiger partial charge >= 0.3 is 11.3 Å². The molecular weight excluding hydrogens is 486 g/mol. The standard InChI is InChI=1S/C20H17N5O9S/c1-9-15-11(8-14(25(29)30)16(9)33-2)7-13(19(28)34-15)18(27)23-17(26)10-3-5-12(6-4-10)35(31,32)24-20(21)22/h3-8H,1-2H3,(H4,21,22,24)(H,23,26,27). The van der Waals surface area contributed by atoms with Gasteiger partial charge in [0.05, 0.1) is 16.9 Å². The average Bonchev–Trinajstić information content (AvgIpc) is 2.78. The maximum absolute atomic E-state index is 12.6. The van der Waals surface area contributed by atoms with Gasteiger partial charge in [-0.15, -0.1) is 4.40 Å². The molecular formula is C20H17N5O9S. The van der Waals surface area contributed by atoms with E-state index in [1.54, 1.807) is 0 Å². The number of fused-ring (bicyclic) bond motifs is 1. The highest BCUT2D eigenvalue weighted by molar-refractivity contribution is 7.90. The Kier molecular flexibility index (Phi) is 6.55. The van der Waals surface area contributed by atoms with E-state index in [4.69, 9.17) is 20.6 Å². The molecule has 0 radical (unpaired) electrons. The van der Waals surface area contributed by atoms with Gasteiger partial charge in [0.2, 0.25) is 11.7 Å². The first kappa shape index (κ1) is 24.8. The molecule has 15 heteroatoms. The zero-order valence-corrected chi connectivity index (χ0v) is 18.9. The topological polar surface area (TPSA) is 227 Å². The Balaban J connectivity index is 1.93. The van der Waals surface area contributed by atoms with Crippen LogP contribution in [0.5, 0.6) is 5.75 Å². The lowest BCUT2D eigenvalue weighted by molar-refractivity contribution is -0.385. The first-order valence-electron chi connectivity index (χ1n) is 9.47. The summed E-state index contributed by atoms with van der Waals surface area (Å²) in [6.45, 7) is 1.44. The number of benzene rings is 2. The number of nitro groups is 1. The molecule has 5 N–H and O–H groups in total. The number of rotatable bonds is 6. The lowest BCUT2D eigenvalue weighted by Gasteiger charge is -2.09. The first-order chi connectivity index (χ1) is 16.4. The van der Waals surface area contributed by atoms with Gasteiger partial charge in [-0.05, 0) is 37.3 Å². The highest BCUT2D eigenvalue weighted by Gasteiger charge is 2.24. The predicted octanol–water partition coefficient (Wildman–Crippen LogP) is 0.551. The molecule has 0 atom stereocenters. The highest BCUT2D eigenvalue weighted by atomic mass is 32.2. The molecule has 2 amide bonds. The van der Waals surface area contributed by atoms with Crippen molar-refractivity contribution in [2.75, 3.05) is 7.11 Å². The minimum absolute atomic E-state index is 0.0297. The van der Waals surface area contributed by atoms with Crippen molar-refractivity contribution in [2.24, 2.45) is 15.9 Å². The van der Waals surface area contributed by atoms with E-state index in [2.05, 4.69) is 4.40 Å². The smallest absolute Gasteiger partial charge is 0.349 e. The summed E-state index contributed by atoms with van der Waals surface area (Å²) < 4.78 is 37.2. The van der Waals surface area contributed by atoms with Gasteiger partial charge in [0.1, 0.15) is 11.1 Å². The highest BCUT2D eigenvalue weighted by Crippen LogP contribution is 2.36. The van der Waals surface area contributed by atoms with Crippen LogP contribution >= 0.6 is 0 Å². The number of aryl methyl sites for hydroxylation is 1. The van der Waals surface area contributed by atoms with Crippen LogP contribution in [0.15, 0.2) is 54.9 Å². The van der Waals surface area contributed by atoms with Crippen LogP contribution in [0, 0.1) is 17.0 Å². The summed E-state index contributed by atoms with van der Waals surface area (Å²) in [4.78, 5) is 47.8. The molecule has 0 aliphatic heterocycles. The number of amides is 2. The maximum Gasteiger partial charge on any atom is 0.349 e. The van der Waals surface area contributed by atoms with Crippen molar-refractivity contribution >= 4 is 44.5 Å². The molecule has 3 rings (SSSR count). The first-order valence-corrected chi connectivity index (χ1v) is 10.9. The quantitative estimate of drug-likeness (QED) is 0.105. The monoisotopic (exact) mass is 503 g/mol. The van der Waals surface area contributed by atoms with Gasteiger partial charge in [-0.25, -0.2) is 4.79 Å². The van der Waals surface area contributed by atoms with Crippen LogP contribution in [0.1, 0.15) is 26.3 Å². The van der Waals surface area contributed by atoms with E-state index in [9.17, 15) is 32.9 Å². The number of hydrogen-bond acceptors (Lipinski definition) is 9. The number of hydrogen-bond donors (Lipinski definition) is 3. The molecule has 0 saturated carbocycles. The number of carbonyl (C=O) groups excluding carboxylic acids is 2. The molecule has 0 aliphatic carbocycles. The van der Waals surface area contributed by atoms with Crippen molar-refractivity contribution in [3.63, 3.8) is 0 Å². The number of imide groups is 1. The third kappa shape index (κ3) is 4.93. The van der Waals surface area contributed by atoms with E-state index in [-0.39, 0.29) is 32.7 Å². The second-order valence-electron chi connectivity index (χ2n) is 6.98. The lowest BCUT2D eigenvalue weighted by Crippen LogP contribution is -2.33. The summed E-state index contributed by atoms with van der Waals surface area (Å²) in [5.41, 5.74) is 8.07. The minimum Gasteiger partial charge on any atom is -0.490 e. The Hall–Kier alpha value is -4.79. The Labute approximate surface area is 196 Å². The van der Waals surface area contributed by atoms with E-state index >= 15 is 0 Å². The van der Waals surface area contributed by atoms with E-state index in [1.807, 2.05) is 5.32 Å². The Morgan fingerprint density at radius 1 is 1.14 bits per heavy atom. The van der Waals surface area contributed by atoms with Crippen molar-refractivity contribution in [3.05, 3.63) is 73.6 Å². The summed E-state index contributed by atoms with van der Waals surface area (Å²) in [6, 6.07) is 6.40. The van der Waals surface area contributed by atoms with Crippen molar-refractivity contribution in [3.8, 4) is 5.75 Å². The number of nitrogens with two attached hydrogens (primary N) is 2. The fourth-order valence-corrected chi connectivity index (χ4v) is 4.02. The number of ether oxygens (including phenoxy) is 1. The molecule has 3 aromatic rings. The molecule has 35 heavy (non-hydrogen) atoms. The molecule has 0 unspecified atom stereocenters. The Morgan fingerprint density at radius 2 is 1.77 bits per heavy atom. The average molecular weight is 503 g/mol. The van der Waals surface area contributed by atoms with Crippen molar-refractivity contribution in [1.82, 2.24) is 5.32 Å². The third-order valence-electron chi connectivity index (χ3n) is 4.70. The summed E-state index contributed by atoms with van der Waals surface area (Å²) in [6.07, 6.45) is 0. The Bertz CT molecular complexity index is 1570. The molecule has 0 spiro atoms. The van der Waals surface area contributed by atoms with Gasteiger partial charge in [-0.3, -0.25) is 25.0 Å². The largest absolute Gasteiger partial charge is 0.490 e. The van der Waals surface area contributed by atoms with Gasteiger partial charge in [0.25, 0.3) is 21.8 Å². The normalized spacial score (nSPS) is 11.0. The summed E-state index contributed by atoms with van der Waals surface area (Å²) in [5.74, 6) is -2.88. The second-order valence-corrected chi connectivity index (χ2v) is 8.58. The van der Waals surface area contributed by atoms with E-state index < -0.39 is 49.6 Å². The number of nitrogens with one attached hydrogen (secondary N) is 1. The fourth-order valence-electron chi connectivity index (χ4n) is 3.16. The van der Waals surface area contributed by atoms with Crippen LogP contribution in [-0.2, 0) is 10.0 Å². The van der Waals surface area contributed by atoms with E-state index in [0.29, 0.717) is 0 Å². The predicted molar refractivity (Wildman–Crippen MR) is 122 cm³/mol. The number of guanidine groups is 1. The number of sulfonamides is 1. The van der Waals surface area contributed by atoms with E-state index in [0.717, 1.165) is 36.4 Å². The van der Waals surface area contributed by atoms with Gasteiger partial charge in [0.15, 0.2) is 0 Å². The summed E-state index contributed by atoms with van der Waals surface area (Å²) in [5, 5.41) is 13.4. The van der Waals surface area contributed by atoms with Crippen LogP contribution in [0.2, 0.25) is 0 Å². The molecule has 0 aliphatic rings. The zero-order chi connectivity index (χ0) is 26.1. The molecule has 14 nitrogen and oxygen atoms in total. The SMILES string of the molecule is COc1c([N+](=O)[O-])cc2cc(C(=O)NC(=O)c3ccc(S(=O)(=O)N=C(N)N)cc3)c(=O)oc2c1C. The van der Waals surface area contributed by atoms with E-state index in [1.165, 1.54) is 14.0 Å². The number of nitrogens with zero attached hydrogens (tertiary/aromatic N) is 2. The van der Waals surface area contributed by atoms with Gasteiger partial charge in [-0.2, -0.15) is 8.42 Å². The van der Waals surface area contributed by atoms with Gasteiger partial charge in [0, 0.05) is 22.6 Å². The van der Waals surface area contributed by atoms with Gasteiger partial charge < -0.3 is 20.6 Å². The third-order valence-corrected chi connectivity index (χ3v) is 6.01. The van der Waals surface area contributed by atoms with Crippen LogP contribution < -0.4 is 27.1 Å². The van der Waals surface area contributed by atoms with Crippen LogP contribution in [0.3, 0.4) is 0 Å². The van der Waals surface area contributed by atoms with Crippen molar-refractivity contribution in [1.29, 1.82) is 0 Å². The van der Waals surface area contributed by atoms with Crippen molar-refractivity contribution < 1.29 is 32.1 Å². The molecule has 1 aromatic heterocycles. The van der Waals surface area contributed by atoms with Gasteiger partial charge in [-0.1, -0.05) is 0 Å². The molecule has 0 saturated heterocycles. The zero-order valence-electron chi connectivity index (χ0n) is 18.1.